The van der Waals surface area contributed by atoms with E-state index < -0.39 is 0 Å². The fourth-order valence-electron chi connectivity index (χ4n) is 0.381. The standard InChI is InChI=1S/C5H6NO.C2H6.Rb/c1-2-5-3-4-6-7-5;1-2;/h4H,2H2,1H3;1-2H3;/q-1;;+1. The van der Waals surface area contributed by atoms with Gasteiger partial charge in [0.25, 0.3) is 0 Å². The van der Waals surface area contributed by atoms with Gasteiger partial charge in [0.05, 0.1) is 0 Å². The topological polar surface area (TPSA) is 26.0 Å². The first-order chi connectivity index (χ1) is 4.43. The van der Waals surface area contributed by atoms with Gasteiger partial charge in [0, 0.05) is 0 Å². The van der Waals surface area contributed by atoms with E-state index in [4.69, 9.17) is 0 Å². The third-order valence-corrected chi connectivity index (χ3v) is 0.762. The maximum atomic E-state index is 4.68. The Morgan fingerprint density at radius 3 is 2.40 bits per heavy atom. The van der Waals surface area contributed by atoms with E-state index in [9.17, 15) is 0 Å². The molecule has 0 unspecified atom stereocenters. The molecule has 0 aliphatic carbocycles. The molecule has 0 N–H and O–H groups in total. The predicted molar refractivity (Wildman–Crippen MR) is 36.1 cm³/mol. The van der Waals surface area contributed by atoms with Crippen molar-refractivity contribution in [3.05, 3.63) is 18.0 Å². The number of aromatic nitrogens is 1. The molecule has 1 heterocycles. The molecular formula is C7H12NORb. The van der Waals surface area contributed by atoms with Crippen LogP contribution in [-0.4, -0.2) is 5.16 Å². The summed E-state index contributed by atoms with van der Waals surface area (Å²) in [6.07, 6.45) is 2.40. The van der Waals surface area contributed by atoms with Gasteiger partial charge in [-0.05, 0) is 12.2 Å². The summed E-state index contributed by atoms with van der Waals surface area (Å²) in [5.41, 5.74) is 0. The SMILES string of the molecule is CC.CCc1[c-]cno1.[Rb+]. The fourth-order valence-corrected chi connectivity index (χ4v) is 0.381. The number of nitrogens with zero attached hydrogens (tertiary/aromatic N) is 1. The summed E-state index contributed by atoms with van der Waals surface area (Å²) in [4.78, 5) is 0. The molecule has 0 fully saturated rings. The van der Waals surface area contributed by atoms with Crippen LogP contribution in [0.4, 0.5) is 0 Å². The minimum absolute atomic E-state index is 0. The molecule has 3 heteroatoms. The van der Waals surface area contributed by atoms with E-state index in [2.05, 4.69) is 15.7 Å². The summed E-state index contributed by atoms with van der Waals surface area (Å²) in [5.74, 6) is 0.819. The molecule has 0 spiro atoms. The van der Waals surface area contributed by atoms with Gasteiger partial charge < -0.3 is 10.6 Å². The van der Waals surface area contributed by atoms with Gasteiger partial charge in [-0.3, -0.25) is 0 Å². The molecular weight excluding hydrogens is 200 g/mol. The molecule has 0 saturated heterocycles. The Labute approximate surface area is 111 Å². The monoisotopic (exact) mass is 211 g/mol. The van der Waals surface area contributed by atoms with Crippen LogP contribution in [-0.2, 0) is 6.42 Å². The number of hydrogen-bond donors (Lipinski definition) is 0. The van der Waals surface area contributed by atoms with Crippen LogP contribution in [0.1, 0.15) is 26.5 Å². The van der Waals surface area contributed by atoms with Crippen molar-refractivity contribution in [3.8, 4) is 0 Å². The second-order valence-electron chi connectivity index (χ2n) is 1.25. The summed E-state index contributed by atoms with van der Waals surface area (Å²) in [5, 5.41) is 3.46. The minimum atomic E-state index is 0. The van der Waals surface area contributed by atoms with E-state index in [-0.39, 0.29) is 58.2 Å². The van der Waals surface area contributed by atoms with E-state index in [1.165, 1.54) is 6.20 Å². The quantitative estimate of drug-likeness (QED) is 0.561. The van der Waals surface area contributed by atoms with Gasteiger partial charge >= 0.3 is 58.2 Å². The van der Waals surface area contributed by atoms with E-state index in [0.29, 0.717) is 0 Å². The normalized spacial score (nSPS) is 7.10. The average molecular weight is 212 g/mol. The van der Waals surface area contributed by atoms with Crippen molar-refractivity contribution in [3.63, 3.8) is 0 Å². The summed E-state index contributed by atoms with van der Waals surface area (Å²) < 4.78 is 4.68. The second kappa shape index (κ2) is 10.0. The maximum Gasteiger partial charge on any atom is 1.00 e. The summed E-state index contributed by atoms with van der Waals surface area (Å²) in [6, 6.07) is 2.81. The third-order valence-electron chi connectivity index (χ3n) is 0.762. The van der Waals surface area contributed by atoms with E-state index in [1.807, 2.05) is 20.8 Å². The zero-order chi connectivity index (χ0) is 7.11. The van der Waals surface area contributed by atoms with Crippen LogP contribution in [0.25, 0.3) is 0 Å². The van der Waals surface area contributed by atoms with Crippen molar-refractivity contribution in [2.24, 2.45) is 0 Å². The molecule has 0 atom stereocenters. The smallest absolute Gasteiger partial charge is 0.406 e. The largest absolute Gasteiger partial charge is 1.00 e. The van der Waals surface area contributed by atoms with Gasteiger partial charge in [0.2, 0.25) is 0 Å². The van der Waals surface area contributed by atoms with E-state index in [0.717, 1.165) is 12.2 Å². The fraction of sp³-hybridized carbons (Fsp3) is 0.571. The molecule has 0 radical (unpaired) electrons. The first-order valence-electron chi connectivity index (χ1n) is 3.24. The zero-order valence-electron chi connectivity index (χ0n) is 7.14. The van der Waals surface area contributed by atoms with Gasteiger partial charge in [0.1, 0.15) is 0 Å². The molecule has 1 aromatic heterocycles. The van der Waals surface area contributed by atoms with Crippen LogP contribution in [0.3, 0.4) is 0 Å². The number of rotatable bonds is 1. The number of hydrogen-bond acceptors (Lipinski definition) is 2. The summed E-state index contributed by atoms with van der Waals surface area (Å²) in [6.45, 7) is 6.00. The maximum absolute atomic E-state index is 4.68. The van der Waals surface area contributed by atoms with Crippen molar-refractivity contribution >= 4 is 0 Å². The molecule has 10 heavy (non-hydrogen) atoms. The van der Waals surface area contributed by atoms with Crippen LogP contribution < -0.4 is 58.2 Å². The second-order valence-corrected chi connectivity index (χ2v) is 1.25. The van der Waals surface area contributed by atoms with Gasteiger partial charge in [-0.1, -0.05) is 20.8 Å². The Morgan fingerprint density at radius 1 is 1.60 bits per heavy atom. The van der Waals surface area contributed by atoms with Gasteiger partial charge in [-0.2, -0.15) is 0 Å². The van der Waals surface area contributed by atoms with Gasteiger partial charge in [-0.25, -0.2) is 0 Å². The van der Waals surface area contributed by atoms with Crippen LogP contribution in [0.2, 0.25) is 0 Å². The van der Waals surface area contributed by atoms with Gasteiger partial charge in [-0.15, -0.1) is 11.4 Å². The van der Waals surface area contributed by atoms with Crippen molar-refractivity contribution in [1.29, 1.82) is 0 Å². The first-order valence-corrected chi connectivity index (χ1v) is 3.24. The molecule has 1 aromatic rings. The molecule has 0 amide bonds. The van der Waals surface area contributed by atoms with Crippen LogP contribution in [0, 0.1) is 6.07 Å². The third kappa shape index (κ3) is 5.77. The van der Waals surface area contributed by atoms with E-state index in [1.54, 1.807) is 0 Å². The molecule has 1 rings (SSSR count). The van der Waals surface area contributed by atoms with Crippen LogP contribution in [0.5, 0.6) is 0 Å². The molecule has 0 saturated carbocycles. The van der Waals surface area contributed by atoms with E-state index >= 15 is 0 Å². The minimum Gasteiger partial charge on any atom is -0.406 e. The Bertz CT molecular complexity index is 128. The van der Waals surface area contributed by atoms with Crippen molar-refractivity contribution < 1.29 is 62.7 Å². The first kappa shape index (κ1) is 13.6. The van der Waals surface area contributed by atoms with Crippen LogP contribution in [0.15, 0.2) is 10.7 Å². The zero-order valence-corrected chi connectivity index (χ0v) is 12.1. The summed E-state index contributed by atoms with van der Waals surface area (Å²) in [7, 11) is 0. The molecule has 2 nitrogen and oxygen atoms in total. The molecule has 0 aliphatic heterocycles. The Morgan fingerprint density at radius 2 is 2.20 bits per heavy atom. The van der Waals surface area contributed by atoms with Crippen molar-refractivity contribution in [1.82, 2.24) is 5.16 Å². The Kier molecular flexibility index (Phi) is 13.6. The Balaban J connectivity index is 0. The van der Waals surface area contributed by atoms with Crippen molar-refractivity contribution in [2.75, 3.05) is 0 Å². The predicted octanol–water partition coefficient (Wildman–Crippen LogP) is -0.933. The Hall–Kier alpha value is 1.02. The number of aryl methyl sites for hydroxylation is 1. The molecule has 0 aromatic carbocycles. The van der Waals surface area contributed by atoms with Crippen molar-refractivity contribution in [2.45, 2.75) is 27.2 Å². The molecule has 0 aliphatic rings. The average Bonchev–Trinajstić information content (AvgIpc) is 2.43. The molecule has 52 valence electrons. The van der Waals surface area contributed by atoms with Gasteiger partial charge in [0.15, 0.2) is 0 Å². The van der Waals surface area contributed by atoms with Crippen LogP contribution >= 0.6 is 0 Å². The molecule has 0 bridgehead atoms. The summed E-state index contributed by atoms with van der Waals surface area (Å²) >= 11 is 0.